The molecule has 0 bridgehead atoms. The zero-order valence-corrected chi connectivity index (χ0v) is 22.7. The molecule has 0 atom stereocenters. The predicted octanol–water partition coefficient (Wildman–Crippen LogP) is 5.92. The minimum atomic E-state index is -0.497. The molecule has 0 unspecified atom stereocenters. The lowest BCUT2D eigenvalue weighted by atomic mass is 10.0. The summed E-state index contributed by atoms with van der Waals surface area (Å²) in [5.74, 6) is 0.767. The lowest BCUT2D eigenvalue weighted by molar-refractivity contribution is -0.113. The number of para-hydroxylation sites is 1. The second-order valence-electron chi connectivity index (χ2n) is 8.03. The van der Waals surface area contributed by atoms with Crippen LogP contribution < -0.4 is 10.1 Å². The molecule has 0 spiro atoms. The first-order valence-electron chi connectivity index (χ1n) is 11.8. The van der Waals surface area contributed by atoms with Gasteiger partial charge in [0.2, 0.25) is 5.91 Å². The fourth-order valence-corrected chi connectivity index (χ4v) is 5.58. The number of rotatable bonds is 10. The lowest BCUT2D eigenvalue weighted by Crippen LogP contribution is -2.16. The molecule has 0 radical (unpaired) electrons. The predicted molar refractivity (Wildman–Crippen MR) is 147 cm³/mol. The SMILES string of the molecule is CCOc1ccccc1-c1nnc(SCC(=O)Nc2scc(-c3ccc(C)cc3)c2C(=O)OC)n1CC. The van der Waals surface area contributed by atoms with Crippen molar-refractivity contribution in [2.45, 2.75) is 32.5 Å². The Hall–Kier alpha value is -3.63. The van der Waals surface area contributed by atoms with Gasteiger partial charge in [0.15, 0.2) is 11.0 Å². The van der Waals surface area contributed by atoms with Gasteiger partial charge >= 0.3 is 5.97 Å². The van der Waals surface area contributed by atoms with E-state index in [2.05, 4.69) is 15.5 Å². The number of anilines is 1. The van der Waals surface area contributed by atoms with E-state index in [0.717, 1.165) is 28.0 Å². The number of carbonyl (C=O) groups is 2. The van der Waals surface area contributed by atoms with Gasteiger partial charge in [0, 0.05) is 17.5 Å². The lowest BCUT2D eigenvalue weighted by Gasteiger charge is -2.11. The number of aryl methyl sites for hydroxylation is 1. The molecular weight excluding hydrogens is 508 g/mol. The summed E-state index contributed by atoms with van der Waals surface area (Å²) in [7, 11) is 1.33. The number of methoxy groups -OCH3 is 1. The molecule has 10 heteroatoms. The molecule has 0 aliphatic rings. The zero-order valence-electron chi connectivity index (χ0n) is 21.1. The van der Waals surface area contributed by atoms with Crippen molar-refractivity contribution in [3.8, 4) is 28.3 Å². The Kier molecular flexibility index (Phi) is 8.62. The summed E-state index contributed by atoms with van der Waals surface area (Å²) < 4.78 is 12.7. The molecule has 1 N–H and O–H groups in total. The first kappa shape index (κ1) is 26.4. The van der Waals surface area contributed by atoms with E-state index in [4.69, 9.17) is 9.47 Å². The third-order valence-corrected chi connectivity index (χ3v) is 7.45. The molecule has 8 nitrogen and oxygen atoms in total. The van der Waals surface area contributed by atoms with Gasteiger partial charge in [0.25, 0.3) is 0 Å². The molecule has 1 amide bonds. The summed E-state index contributed by atoms with van der Waals surface area (Å²) in [6, 6.07) is 15.5. The van der Waals surface area contributed by atoms with Crippen molar-refractivity contribution in [1.82, 2.24) is 14.8 Å². The monoisotopic (exact) mass is 536 g/mol. The number of carbonyl (C=O) groups excluding carboxylic acids is 2. The molecule has 2 aromatic carbocycles. The molecule has 0 aliphatic heterocycles. The highest BCUT2D eigenvalue weighted by atomic mass is 32.2. The third kappa shape index (κ3) is 5.86. The Morgan fingerprint density at radius 2 is 1.81 bits per heavy atom. The van der Waals surface area contributed by atoms with Crippen LogP contribution in [0.4, 0.5) is 5.00 Å². The minimum Gasteiger partial charge on any atom is -0.493 e. The summed E-state index contributed by atoms with van der Waals surface area (Å²) >= 11 is 2.58. The number of thioether (sulfide) groups is 1. The van der Waals surface area contributed by atoms with Crippen LogP contribution in [0.3, 0.4) is 0 Å². The Bertz CT molecular complexity index is 1400. The maximum atomic E-state index is 12.9. The van der Waals surface area contributed by atoms with Crippen LogP contribution in [0, 0.1) is 6.92 Å². The molecule has 37 heavy (non-hydrogen) atoms. The molecule has 2 heterocycles. The molecule has 0 fully saturated rings. The third-order valence-electron chi connectivity index (χ3n) is 5.59. The highest BCUT2D eigenvalue weighted by Gasteiger charge is 2.23. The summed E-state index contributed by atoms with van der Waals surface area (Å²) in [6.07, 6.45) is 0. The van der Waals surface area contributed by atoms with Crippen LogP contribution >= 0.6 is 23.1 Å². The Labute approximate surface area is 224 Å². The average molecular weight is 537 g/mol. The number of nitrogens with one attached hydrogen (secondary N) is 1. The first-order chi connectivity index (χ1) is 18.0. The summed E-state index contributed by atoms with van der Waals surface area (Å²) in [5, 5.41) is 14.5. The highest BCUT2D eigenvalue weighted by molar-refractivity contribution is 7.99. The average Bonchev–Trinajstić information content (AvgIpc) is 3.52. The van der Waals surface area contributed by atoms with E-state index in [9.17, 15) is 9.59 Å². The Morgan fingerprint density at radius 3 is 2.51 bits per heavy atom. The summed E-state index contributed by atoms with van der Waals surface area (Å²) in [4.78, 5) is 25.5. The molecule has 4 rings (SSSR count). The second kappa shape index (κ2) is 12.1. The fourth-order valence-electron chi connectivity index (χ4n) is 3.81. The number of amides is 1. The maximum Gasteiger partial charge on any atom is 0.341 e. The van der Waals surface area contributed by atoms with E-state index in [1.807, 2.05) is 79.2 Å². The van der Waals surface area contributed by atoms with Crippen molar-refractivity contribution in [2.24, 2.45) is 0 Å². The summed E-state index contributed by atoms with van der Waals surface area (Å²) in [5.41, 5.74) is 3.92. The minimum absolute atomic E-state index is 0.101. The molecule has 2 aromatic heterocycles. The molecule has 4 aromatic rings. The van der Waals surface area contributed by atoms with E-state index >= 15 is 0 Å². The smallest absolute Gasteiger partial charge is 0.341 e. The number of benzene rings is 2. The van der Waals surface area contributed by atoms with Crippen LogP contribution in [0.25, 0.3) is 22.5 Å². The fraction of sp³-hybridized carbons (Fsp3) is 0.259. The van der Waals surface area contributed by atoms with Gasteiger partial charge in [0.05, 0.1) is 25.0 Å². The number of aromatic nitrogens is 3. The Morgan fingerprint density at radius 1 is 1.05 bits per heavy atom. The first-order valence-corrected chi connectivity index (χ1v) is 13.7. The van der Waals surface area contributed by atoms with Crippen LogP contribution in [0.15, 0.2) is 59.1 Å². The molecule has 0 saturated heterocycles. The summed E-state index contributed by atoms with van der Waals surface area (Å²) in [6.45, 7) is 7.11. The normalized spacial score (nSPS) is 10.8. The highest BCUT2D eigenvalue weighted by Crippen LogP contribution is 2.37. The van der Waals surface area contributed by atoms with E-state index in [0.29, 0.717) is 34.7 Å². The number of esters is 1. The second-order valence-corrected chi connectivity index (χ2v) is 9.85. The van der Waals surface area contributed by atoms with Crippen LogP contribution in [-0.4, -0.2) is 46.1 Å². The van der Waals surface area contributed by atoms with Crippen LogP contribution in [0.2, 0.25) is 0 Å². The van der Waals surface area contributed by atoms with Crippen molar-refractivity contribution >= 4 is 40.0 Å². The van der Waals surface area contributed by atoms with Crippen LogP contribution in [-0.2, 0) is 16.1 Å². The molecule has 0 aliphatic carbocycles. The van der Waals surface area contributed by atoms with E-state index in [-0.39, 0.29) is 11.7 Å². The van der Waals surface area contributed by atoms with Crippen molar-refractivity contribution in [3.63, 3.8) is 0 Å². The number of thiophene rings is 1. The zero-order chi connectivity index (χ0) is 26.4. The van der Waals surface area contributed by atoms with E-state index in [1.54, 1.807) is 0 Å². The number of nitrogens with zero attached hydrogens (tertiary/aromatic N) is 3. The van der Waals surface area contributed by atoms with Crippen LogP contribution in [0.5, 0.6) is 5.75 Å². The topological polar surface area (TPSA) is 95.3 Å². The van der Waals surface area contributed by atoms with Crippen molar-refractivity contribution in [3.05, 3.63) is 65.0 Å². The van der Waals surface area contributed by atoms with Gasteiger partial charge in [-0.25, -0.2) is 4.79 Å². The molecular formula is C27H28N4O4S2. The maximum absolute atomic E-state index is 12.9. The van der Waals surface area contributed by atoms with Gasteiger partial charge in [0.1, 0.15) is 16.3 Å². The van der Waals surface area contributed by atoms with Gasteiger partial charge in [-0.05, 0) is 38.5 Å². The van der Waals surface area contributed by atoms with Crippen molar-refractivity contribution < 1.29 is 19.1 Å². The van der Waals surface area contributed by atoms with E-state index in [1.165, 1.54) is 30.2 Å². The molecule has 192 valence electrons. The van der Waals surface area contributed by atoms with Gasteiger partial charge in [-0.3, -0.25) is 4.79 Å². The van der Waals surface area contributed by atoms with E-state index < -0.39 is 5.97 Å². The largest absolute Gasteiger partial charge is 0.493 e. The van der Waals surface area contributed by atoms with Gasteiger partial charge in [-0.2, -0.15) is 0 Å². The molecule has 0 saturated carbocycles. The number of ether oxygens (including phenoxy) is 2. The quantitative estimate of drug-likeness (QED) is 0.199. The number of hydrogen-bond donors (Lipinski definition) is 1. The standard InChI is InChI=1S/C27H28N4O4S2/c1-5-31-24(19-9-7-8-10-21(19)35-6-2)29-30-27(31)37-16-22(32)28-25-23(26(33)34-4)20(15-36-25)18-13-11-17(3)12-14-18/h7-15H,5-6,16H2,1-4H3,(H,28,32). The Balaban J connectivity index is 1.51. The van der Waals surface area contributed by atoms with Gasteiger partial charge in [-0.1, -0.05) is 53.7 Å². The van der Waals surface area contributed by atoms with Crippen LogP contribution in [0.1, 0.15) is 29.8 Å². The van der Waals surface area contributed by atoms with Crippen molar-refractivity contribution in [1.29, 1.82) is 0 Å². The number of hydrogen-bond acceptors (Lipinski definition) is 8. The van der Waals surface area contributed by atoms with Gasteiger partial charge < -0.3 is 19.4 Å². The van der Waals surface area contributed by atoms with Crippen molar-refractivity contribution in [2.75, 3.05) is 24.8 Å². The van der Waals surface area contributed by atoms with Gasteiger partial charge in [-0.15, -0.1) is 21.5 Å².